The third-order valence-corrected chi connectivity index (χ3v) is 4.86. The number of ether oxygens (including phenoxy) is 1. The van der Waals surface area contributed by atoms with Crippen LogP contribution in [0, 0.1) is 11.3 Å². The molecule has 0 radical (unpaired) electrons. The molecular formula is C16H33NO2. The molecule has 0 aromatic rings. The average molecular weight is 271 g/mol. The highest BCUT2D eigenvalue weighted by molar-refractivity contribution is 4.88. The van der Waals surface area contributed by atoms with Gasteiger partial charge in [-0.05, 0) is 32.1 Å². The van der Waals surface area contributed by atoms with Gasteiger partial charge in [-0.15, -0.1) is 0 Å². The fraction of sp³-hybridized carbons (Fsp3) is 1.00. The number of nitrogens with zero attached hydrogens (tertiary/aromatic N) is 1. The lowest BCUT2D eigenvalue weighted by Crippen LogP contribution is -2.47. The fourth-order valence-corrected chi connectivity index (χ4v) is 3.46. The Bertz CT molecular complexity index is 247. The van der Waals surface area contributed by atoms with Gasteiger partial charge in [0.1, 0.15) is 0 Å². The van der Waals surface area contributed by atoms with Crippen LogP contribution in [-0.4, -0.2) is 49.5 Å². The van der Waals surface area contributed by atoms with E-state index in [9.17, 15) is 5.11 Å². The summed E-state index contributed by atoms with van der Waals surface area (Å²) in [6.07, 6.45) is 6.08. The number of aliphatic hydroxyl groups is 1. The van der Waals surface area contributed by atoms with E-state index in [4.69, 9.17) is 4.74 Å². The number of rotatable bonds is 8. The Hall–Kier alpha value is -0.120. The second kappa shape index (κ2) is 8.23. The van der Waals surface area contributed by atoms with Crippen molar-refractivity contribution in [2.75, 3.05) is 33.4 Å². The highest BCUT2D eigenvalue weighted by Gasteiger charge is 2.36. The topological polar surface area (TPSA) is 32.7 Å². The fourth-order valence-electron chi connectivity index (χ4n) is 3.46. The van der Waals surface area contributed by atoms with E-state index in [0.29, 0.717) is 12.6 Å². The van der Waals surface area contributed by atoms with Gasteiger partial charge < -0.3 is 9.84 Å². The molecule has 0 saturated heterocycles. The standard InChI is InChI=1S/C16H33NO2/c1-5-15(3)17(9-10-19-4)12-16(13-18)8-6-7-14(2)11-16/h14-15,18H,5-13H2,1-4H3. The molecule has 0 amide bonds. The van der Waals surface area contributed by atoms with Crippen molar-refractivity contribution in [3.63, 3.8) is 0 Å². The maximum absolute atomic E-state index is 9.93. The van der Waals surface area contributed by atoms with Crippen molar-refractivity contribution in [1.82, 2.24) is 4.90 Å². The summed E-state index contributed by atoms with van der Waals surface area (Å²) in [6.45, 7) is 9.95. The Morgan fingerprint density at radius 2 is 2.21 bits per heavy atom. The molecule has 114 valence electrons. The van der Waals surface area contributed by atoms with E-state index in [-0.39, 0.29) is 5.41 Å². The molecule has 0 spiro atoms. The number of hydrogen-bond donors (Lipinski definition) is 1. The smallest absolute Gasteiger partial charge is 0.0589 e. The van der Waals surface area contributed by atoms with Crippen LogP contribution in [0.1, 0.15) is 52.9 Å². The Balaban J connectivity index is 2.67. The van der Waals surface area contributed by atoms with Gasteiger partial charge in [0, 0.05) is 38.3 Å². The van der Waals surface area contributed by atoms with Gasteiger partial charge in [0.2, 0.25) is 0 Å². The molecule has 1 fully saturated rings. The molecule has 1 N–H and O–H groups in total. The third-order valence-electron chi connectivity index (χ3n) is 4.86. The molecule has 3 unspecified atom stereocenters. The second-order valence-electron chi connectivity index (χ2n) is 6.58. The van der Waals surface area contributed by atoms with Crippen molar-refractivity contribution in [3.05, 3.63) is 0 Å². The molecule has 0 aliphatic heterocycles. The van der Waals surface area contributed by atoms with Crippen LogP contribution in [0.4, 0.5) is 0 Å². The van der Waals surface area contributed by atoms with Gasteiger partial charge >= 0.3 is 0 Å². The maximum Gasteiger partial charge on any atom is 0.0589 e. The minimum atomic E-state index is 0.120. The van der Waals surface area contributed by atoms with E-state index < -0.39 is 0 Å². The lowest BCUT2D eigenvalue weighted by molar-refractivity contribution is 0.00438. The number of methoxy groups -OCH3 is 1. The summed E-state index contributed by atoms with van der Waals surface area (Å²) in [5.41, 5.74) is 0.120. The molecule has 3 nitrogen and oxygen atoms in total. The van der Waals surface area contributed by atoms with Crippen molar-refractivity contribution >= 4 is 0 Å². The van der Waals surface area contributed by atoms with E-state index >= 15 is 0 Å². The van der Waals surface area contributed by atoms with Crippen molar-refractivity contribution in [2.45, 2.75) is 58.9 Å². The van der Waals surface area contributed by atoms with Crippen LogP contribution in [0.15, 0.2) is 0 Å². The van der Waals surface area contributed by atoms with Gasteiger partial charge in [-0.25, -0.2) is 0 Å². The first kappa shape index (κ1) is 16.9. The molecule has 1 rings (SSSR count). The molecule has 1 aliphatic carbocycles. The largest absolute Gasteiger partial charge is 0.396 e. The molecular weight excluding hydrogens is 238 g/mol. The molecule has 0 bridgehead atoms. The predicted octanol–water partition coefficient (Wildman–Crippen LogP) is 2.92. The van der Waals surface area contributed by atoms with E-state index in [1.807, 2.05) is 0 Å². The van der Waals surface area contributed by atoms with Crippen LogP contribution in [0.25, 0.3) is 0 Å². The zero-order chi connectivity index (χ0) is 14.3. The van der Waals surface area contributed by atoms with E-state index in [2.05, 4.69) is 25.7 Å². The molecule has 19 heavy (non-hydrogen) atoms. The SMILES string of the molecule is CCC(C)N(CCOC)CC1(CO)CCCC(C)C1. The van der Waals surface area contributed by atoms with Crippen LogP contribution >= 0.6 is 0 Å². The molecule has 0 aromatic heterocycles. The van der Waals surface area contributed by atoms with Crippen LogP contribution in [-0.2, 0) is 4.74 Å². The zero-order valence-electron chi connectivity index (χ0n) is 13.3. The van der Waals surface area contributed by atoms with Gasteiger partial charge in [0.05, 0.1) is 6.61 Å². The predicted molar refractivity (Wildman–Crippen MR) is 80.4 cm³/mol. The molecule has 3 atom stereocenters. The van der Waals surface area contributed by atoms with Gasteiger partial charge in [0.25, 0.3) is 0 Å². The summed E-state index contributed by atoms with van der Waals surface area (Å²) in [5, 5.41) is 9.93. The number of aliphatic hydroxyl groups excluding tert-OH is 1. The monoisotopic (exact) mass is 271 g/mol. The lowest BCUT2D eigenvalue weighted by atomic mass is 9.70. The van der Waals surface area contributed by atoms with Crippen molar-refractivity contribution < 1.29 is 9.84 Å². The average Bonchev–Trinajstić information content (AvgIpc) is 2.42. The van der Waals surface area contributed by atoms with E-state index in [0.717, 1.165) is 32.0 Å². The summed E-state index contributed by atoms with van der Waals surface area (Å²) in [6, 6.07) is 0.566. The van der Waals surface area contributed by atoms with Crippen LogP contribution in [0.2, 0.25) is 0 Å². The first-order valence-corrected chi connectivity index (χ1v) is 7.90. The Kier molecular flexibility index (Phi) is 7.33. The summed E-state index contributed by atoms with van der Waals surface area (Å²) in [5.74, 6) is 0.752. The van der Waals surface area contributed by atoms with E-state index in [1.54, 1.807) is 7.11 Å². The quantitative estimate of drug-likeness (QED) is 0.737. The van der Waals surface area contributed by atoms with Crippen molar-refractivity contribution in [3.8, 4) is 0 Å². The van der Waals surface area contributed by atoms with Crippen LogP contribution in [0.3, 0.4) is 0 Å². The Morgan fingerprint density at radius 3 is 2.74 bits per heavy atom. The molecule has 1 saturated carbocycles. The summed E-state index contributed by atoms with van der Waals surface area (Å²) >= 11 is 0. The van der Waals surface area contributed by atoms with Crippen molar-refractivity contribution in [1.29, 1.82) is 0 Å². The lowest BCUT2D eigenvalue weighted by Gasteiger charge is -2.43. The highest BCUT2D eigenvalue weighted by Crippen LogP contribution is 2.40. The minimum absolute atomic E-state index is 0.120. The molecule has 1 aliphatic rings. The first-order valence-electron chi connectivity index (χ1n) is 7.90. The van der Waals surface area contributed by atoms with E-state index in [1.165, 1.54) is 25.7 Å². The Morgan fingerprint density at radius 1 is 1.47 bits per heavy atom. The highest BCUT2D eigenvalue weighted by atomic mass is 16.5. The zero-order valence-corrected chi connectivity index (χ0v) is 13.3. The van der Waals surface area contributed by atoms with Gasteiger partial charge in [0.15, 0.2) is 0 Å². The molecule has 0 heterocycles. The Labute approximate surface area is 119 Å². The van der Waals surface area contributed by atoms with Gasteiger partial charge in [-0.3, -0.25) is 4.90 Å². The molecule has 3 heteroatoms. The second-order valence-corrected chi connectivity index (χ2v) is 6.58. The van der Waals surface area contributed by atoms with Crippen molar-refractivity contribution in [2.24, 2.45) is 11.3 Å². The van der Waals surface area contributed by atoms with Crippen LogP contribution in [0.5, 0.6) is 0 Å². The summed E-state index contributed by atoms with van der Waals surface area (Å²) < 4.78 is 5.24. The minimum Gasteiger partial charge on any atom is -0.396 e. The first-order chi connectivity index (χ1) is 9.06. The maximum atomic E-state index is 9.93. The van der Waals surface area contributed by atoms with Crippen LogP contribution < -0.4 is 0 Å². The van der Waals surface area contributed by atoms with Gasteiger partial charge in [-0.1, -0.05) is 26.7 Å². The number of hydrogen-bond acceptors (Lipinski definition) is 3. The van der Waals surface area contributed by atoms with Gasteiger partial charge in [-0.2, -0.15) is 0 Å². The third kappa shape index (κ3) is 5.05. The summed E-state index contributed by atoms with van der Waals surface area (Å²) in [7, 11) is 1.76. The summed E-state index contributed by atoms with van der Waals surface area (Å²) in [4.78, 5) is 2.51. The molecule has 0 aromatic carbocycles. The normalized spacial score (nSPS) is 29.7.